The van der Waals surface area contributed by atoms with Crippen LogP contribution in [0.2, 0.25) is 0 Å². The van der Waals surface area contributed by atoms with Crippen LogP contribution in [-0.2, 0) is 4.74 Å². The van der Waals surface area contributed by atoms with E-state index in [4.69, 9.17) is 4.74 Å². The smallest absolute Gasteiger partial charge is 0.0808 e. The van der Waals surface area contributed by atoms with Gasteiger partial charge in [-0.3, -0.25) is 0 Å². The Balaban J connectivity index is 2.52. The molecular formula is C14H29NO. The molecule has 2 nitrogen and oxygen atoms in total. The normalized spacial score (nSPS) is 30.9. The zero-order chi connectivity index (χ0) is 12.0. The standard InChI is InChI=1S/C14H29NO/c1-5-9-16-14(11-15-12(2)3)8-6-7-13(4)10-14/h12-13,15H,5-11H2,1-4H3. The topological polar surface area (TPSA) is 21.3 Å². The molecule has 0 aromatic heterocycles. The molecule has 0 bridgehead atoms. The molecule has 0 spiro atoms. The van der Waals surface area contributed by atoms with Crippen LogP contribution in [0.5, 0.6) is 0 Å². The van der Waals surface area contributed by atoms with Crippen LogP contribution in [0.15, 0.2) is 0 Å². The summed E-state index contributed by atoms with van der Waals surface area (Å²) in [5.74, 6) is 0.819. The molecule has 0 saturated heterocycles. The van der Waals surface area contributed by atoms with Crippen molar-refractivity contribution in [2.24, 2.45) is 5.92 Å². The summed E-state index contributed by atoms with van der Waals surface area (Å²) in [5.41, 5.74) is 0.123. The van der Waals surface area contributed by atoms with Crippen LogP contribution in [0.4, 0.5) is 0 Å². The number of hydrogen-bond donors (Lipinski definition) is 1. The molecule has 1 fully saturated rings. The fourth-order valence-electron chi connectivity index (χ4n) is 2.66. The van der Waals surface area contributed by atoms with Gasteiger partial charge < -0.3 is 10.1 Å². The molecule has 0 aliphatic heterocycles. The second-order valence-corrected chi connectivity index (χ2v) is 5.77. The molecular weight excluding hydrogens is 198 g/mol. The number of rotatable bonds is 6. The molecule has 0 aromatic rings. The molecule has 0 heterocycles. The summed E-state index contributed by atoms with van der Waals surface area (Å²) in [4.78, 5) is 0. The Bertz CT molecular complexity index is 193. The summed E-state index contributed by atoms with van der Waals surface area (Å²) in [7, 11) is 0. The van der Waals surface area contributed by atoms with Crippen molar-refractivity contribution in [1.29, 1.82) is 0 Å². The van der Waals surface area contributed by atoms with Crippen LogP contribution < -0.4 is 5.32 Å². The van der Waals surface area contributed by atoms with Crippen LogP contribution in [-0.4, -0.2) is 24.8 Å². The van der Waals surface area contributed by atoms with Crippen molar-refractivity contribution in [3.8, 4) is 0 Å². The van der Waals surface area contributed by atoms with Crippen molar-refractivity contribution in [2.75, 3.05) is 13.2 Å². The van der Waals surface area contributed by atoms with Gasteiger partial charge >= 0.3 is 0 Å². The molecule has 2 heteroatoms. The van der Waals surface area contributed by atoms with Crippen LogP contribution >= 0.6 is 0 Å². The highest BCUT2D eigenvalue weighted by atomic mass is 16.5. The first-order chi connectivity index (χ1) is 7.58. The second kappa shape index (κ2) is 6.61. The molecule has 1 rings (SSSR count). The van der Waals surface area contributed by atoms with E-state index in [0.717, 1.165) is 25.5 Å². The van der Waals surface area contributed by atoms with E-state index in [1.807, 2.05) is 0 Å². The van der Waals surface area contributed by atoms with Crippen molar-refractivity contribution in [1.82, 2.24) is 5.32 Å². The minimum Gasteiger partial charge on any atom is -0.374 e. The van der Waals surface area contributed by atoms with E-state index in [0.29, 0.717) is 6.04 Å². The zero-order valence-electron chi connectivity index (χ0n) is 11.5. The van der Waals surface area contributed by atoms with Crippen LogP contribution in [0.25, 0.3) is 0 Å². The van der Waals surface area contributed by atoms with Crippen LogP contribution in [0, 0.1) is 5.92 Å². The van der Waals surface area contributed by atoms with Gasteiger partial charge in [-0.1, -0.05) is 40.5 Å². The van der Waals surface area contributed by atoms with E-state index in [2.05, 4.69) is 33.0 Å². The largest absolute Gasteiger partial charge is 0.374 e. The maximum absolute atomic E-state index is 6.18. The van der Waals surface area contributed by atoms with Crippen LogP contribution in [0.1, 0.15) is 59.8 Å². The number of nitrogens with one attached hydrogen (secondary N) is 1. The van der Waals surface area contributed by atoms with E-state index in [9.17, 15) is 0 Å². The quantitative estimate of drug-likeness (QED) is 0.751. The van der Waals surface area contributed by atoms with Crippen LogP contribution in [0.3, 0.4) is 0 Å². The third-order valence-corrected chi connectivity index (χ3v) is 3.49. The van der Waals surface area contributed by atoms with Gasteiger partial charge in [0.25, 0.3) is 0 Å². The summed E-state index contributed by atoms with van der Waals surface area (Å²) < 4.78 is 6.18. The second-order valence-electron chi connectivity index (χ2n) is 5.77. The third kappa shape index (κ3) is 4.42. The maximum atomic E-state index is 6.18. The number of hydrogen-bond acceptors (Lipinski definition) is 2. The van der Waals surface area contributed by atoms with Gasteiger partial charge in [-0.25, -0.2) is 0 Å². The van der Waals surface area contributed by atoms with Gasteiger partial charge in [0.15, 0.2) is 0 Å². The first-order valence-corrected chi connectivity index (χ1v) is 6.95. The Morgan fingerprint density at radius 3 is 2.75 bits per heavy atom. The predicted molar refractivity (Wildman–Crippen MR) is 69.7 cm³/mol. The Morgan fingerprint density at radius 1 is 1.44 bits per heavy atom. The first-order valence-electron chi connectivity index (χ1n) is 6.95. The lowest BCUT2D eigenvalue weighted by Gasteiger charge is -2.40. The van der Waals surface area contributed by atoms with E-state index in [-0.39, 0.29) is 5.60 Å². The highest BCUT2D eigenvalue weighted by Gasteiger charge is 2.35. The fourth-order valence-corrected chi connectivity index (χ4v) is 2.66. The maximum Gasteiger partial charge on any atom is 0.0808 e. The summed E-state index contributed by atoms with van der Waals surface area (Å²) in [6, 6.07) is 0.555. The summed E-state index contributed by atoms with van der Waals surface area (Å²) in [5, 5.41) is 3.56. The molecule has 1 aliphatic rings. The van der Waals surface area contributed by atoms with Crippen molar-refractivity contribution < 1.29 is 4.74 Å². The Morgan fingerprint density at radius 2 is 2.19 bits per heavy atom. The minimum atomic E-state index is 0.123. The summed E-state index contributed by atoms with van der Waals surface area (Å²) >= 11 is 0. The van der Waals surface area contributed by atoms with Gasteiger partial charge in [-0.15, -0.1) is 0 Å². The fraction of sp³-hybridized carbons (Fsp3) is 1.00. The molecule has 16 heavy (non-hydrogen) atoms. The predicted octanol–water partition coefficient (Wildman–Crippen LogP) is 3.36. The molecule has 1 aliphatic carbocycles. The Kier molecular flexibility index (Phi) is 5.77. The average molecular weight is 227 g/mol. The molecule has 1 saturated carbocycles. The van der Waals surface area contributed by atoms with E-state index in [1.54, 1.807) is 0 Å². The Labute approximate surface area is 101 Å². The van der Waals surface area contributed by atoms with E-state index in [1.165, 1.54) is 25.7 Å². The van der Waals surface area contributed by atoms with Crippen molar-refractivity contribution in [2.45, 2.75) is 71.4 Å². The summed E-state index contributed by atoms with van der Waals surface area (Å²) in [6.45, 7) is 10.9. The van der Waals surface area contributed by atoms with Gasteiger partial charge in [0.1, 0.15) is 0 Å². The SMILES string of the molecule is CCCOC1(CNC(C)C)CCCC(C)C1. The lowest BCUT2D eigenvalue weighted by atomic mass is 9.78. The molecule has 2 unspecified atom stereocenters. The van der Waals surface area contributed by atoms with E-state index >= 15 is 0 Å². The minimum absolute atomic E-state index is 0.123. The average Bonchev–Trinajstić information content (AvgIpc) is 2.24. The molecule has 0 radical (unpaired) electrons. The lowest BCUT2D eigenvalue weighted by Crippen LogP contribution is -2.48. The highest BCUT2D eigenvalue weighted by Crippen LogP contribution is 2.35. The number of ether oxygens (including phenoxy) is 1. The molecule has 0 amide bonds. The lowest BCUT2D eigenvalue weighted by molar-refractivity contribution is -0.0799. The monoisotopic (exact) mass is 227 g/mol. The molecule has 96 valence electrons. The molecule has 2 atom stereocenters. The molecule has 0 aromatic carbocycles. The van der Waals surface area contributed by atoms with Gasteiger partial charge in [-0.2, -0.15) is 0 Å². The first kappa shape index (κ1) is 14.0. The van der Waals surface area contributed by atoms with E-state index < -0.39 is 0 Å². The zero-order valence-corrected chi connectivity index (χ0v) is 11.5. The van der Waals surface area contributed by atoms with Gasteiger partial charge in [0.2, 0.25) is 0 Å². The Hall–Kier alpha value is -0.0800. The van der Waals surface area contributed by atoms with Gasteiger partial charge in [-0.05, 0) is 25.2 Å². The molecule has 1 N–H and O–H groups in total. The van der Waals surface area contributed by atoms with Gasteiger partial charge in [0, 0.05) is 19.2 Å². The van der Waals surface area contributed by atoms with Crippen molar-refractivity contribution in [3.05, 3.63) is 0 Å². The van der Waals surface area contributed by atoms with Crippen molar-refractivity contribution in [3.63, 3.8) is 0 Å². The van der Waals surface area contributed by atoms with Gasteiger partial charge in [0.05, 0.1) is 5.60 Å². The summed E-state index contributed by atoms with van der Waals surface area (Å²) in [6.07, 6.45) is 6.28. The van der Waals surface area contributed by atoms with Crippen molar-refractivity contribution >= 4 is 0 Å². The third-order valence-electron chi connectivity index (χ3n) is 3.49. The highest BCUT2D eigenvalue weighted by molar-refractivity contribution is 4.89.